The van der Waals surface area contributed by atoms with Crippen LogP contribution >= 0.6 is 0 Å². The molecular weight excluding hydrogens is 252 g/mol. The molecule has 0 unspecified atom stereocenters. The van der Waals surface area contributed by atoms with Crippen LogP contribution in [0.5, 0.6) is 0 Å². The number of hydrogen-bond acceptors (Lipinski definition) is 3. The molecule has 0 bridgehead atoms. The number of nitrogens with zero attached hydrogens (tertiary/aromatic N) is 1. The van der Waals surface area contributed by atoms with E-state index in [2.05, 4.69) is 10.6 Å². The summed E-state index contributed by atoms with van der Waals surface area (Å²) in [4.78, 5) is 13.9. The first kappa shape index (κ1) is 13.9. The van der Waals surface area contributed by atoms with Crippen LogP contribution < -0.4 is 10.6 Å². The van der Waals surface area contributed by atoms with Gasteiger partial charge in [0.15, 0.2) is 11.6 Å². The molecule has 104 valence electrons. The molecule has 0 aromatic heterocycles. The third kappa shape index (κ3) is 3.71. The smallest absolute Gasteiger partial charge is 0.238 e. The van der Waals surface area contributed by atoms with Crippen LogP contribution in [-0.2, 0) is 4.79 Å². The Kier molecular flexibility index (Phi) is 4.44. The van der Waals surface area contributed by atoms with E-state index in [9.17, 15) is 13.6 Å². The van der Waals surface area contributed by atoms with Crippen LogP contribution in [-0.4, -0.2) is 43.0 Å². The van der Waals surface area contributed by atoms with Crippen molar-refractivity contribution in [2.24, 2.45) is 0 Å². The predicted octanol–water partition coefficient (Wildman–Crippen LogP) is 1.20. The van der Waals surface area contributed by atoms with Crippen LogP contribution in [0.15, 0.2) is 18.2 Å². The Bertz CT molecular complexity index is 467. The summed E-state index contributed by atoms with van der Waals surface area (Å²) < 4.78 is 25.8. The highest BCUT2D eigenvalue weighted by atomic mass is 19.2. The third-order valence-electron chi connectivity index (χ3n) is 3.19. The zero-order valence-corrected chi connectivity index (χ0v) is 10.7. The molecule has 19 heavy (non-hydrogen) atoms. The summed E-state index contributed by atoms with van der Waals surface area (Å²) in [5.41, 5.74) is 0.270. The zero-order valence-electron chi connectivity index (χ0n) is 10.7. The average molecular weight is 269 g/mol. The van der Waals surface area contributed by atoms with Gasteiger partial charge in [-0.05, 0) is 19.1 Å². The summed E-state index contributed by atoms with van der Waals surface area (Å²) in [6.07, 6.45) is 0. The standard InChI is InChI=1S/C13H17F2N3O/c1-9-7-16-4-5-18(9)8-13(19)17-10-2-3-11(14)12(15)6-10/h2-3,6,9,16H,4-5,7-8H2,1H3,(H,17,19)/t9-/m1/s1. The van der Waals surface area contributed by atoms with Gasteiger partial charge < -0.3 is 10.6 Å². The molecule has 6 heteroatoms. The molecule has 0 radical (unpaired) electrons. The second-order valence-corrected chi connectivity index (χ2v) is 4.70. The molecule has 1 aliphatic rings. The molecular formula is C13H17F2N3O. The van der Waals surface area contributed by atoms with Crippen molar-refractivity contribution in [1.29, 1.82) is 0 Å². The van der Waals surface area contributed by atoms with E-state index in [1.54, 1.807) is 0 Å². The Balaban J connectivity index is 1.91. The molecule has 1 atom stereocenters. The third-order valence-corrected chi connectivity index (χ3v) is 3.19. The number of anilines is 1. The van der Waals surface area contributed by atoms with Crippen molar-refractivity contribution in [3.05, 3.63) is 29.8 Å². The fraction of sp³-hybridized carbons (Fsp3) is 0.462. The van der Waals surface area contributed by atoms with Crippen molar-refractivity contribution in [1.82, 2.24) is 10.2 Å². The van der Waals surface area contributed by atoms with Gasteiger partial charge in [-0.25, -0.2) is 8.78 Å². The number of benzene rings is 1. The fourth-order valence-electron chi connectivity index (χ4n) is 2.08. The second-order valence-electron chi connectivity index (χ2n) is 4.70. The monoisotopic (exact) mass is 269 g/mol. The fourth-order valence-corrected chi connectivity index (χ4v) is 2.08. The summed E-state index contributed by atoms with van der Waals surface area (Å²) in [6, 6.07) is 3.61. The van der Waals surface area contributed by atoms with Crippen molar-refractivity contribution in [3.8, 4) is 0 Å². The van der Waals surface area contributed by atoms with E-state index in [1.165, 1.54) is 6.07 Å². The number of piperazine rings is 1. The first-order valence-corrected chi connectivity index (χ1v) is 6.26. The lowest BCUT2D eigenvalue weighted by molar-refractivity contribution is -0.118. The van der Waals surface area contributed by atoms with Gasteiger partial charge in [0.25, 0.3) is 0 Å². The second kappa shape index (κ2) is 6.08. The number of halogens is 2. The van der Waals surface area contributed by atoms with E-state index >= 15 is 0 Å². The quantitative estimate of drug-likeness (QED) is 0.866. The highest BCUT2D eigenvalue weighted by Gasteiger charge is 2.20. The molecule has 0 aliphatic carbocycles. The Hall–Kier alpha value is -1.53. The van der Waals surface area contributed by atoms with Gasteiger partial charge in [0.1, 0.15) is 0 Å². The van der Waals surface area contributed by atoms with Crippen molar-refractivity contribution in [2.75, 3.05) is 31.5 Å². The van der Waals surface area contributed by atoms with E-state index in [4.69, 9.17) is 0 Å². The lowest BCUT2D eigenvalue weighted by atomic mass is 10.2. The molecule has 1 aromatic carbocycles. The van der Waals surface area contributed by atoms with Gasteiger partial charge in [0, 0.05) is 37.4 Å². The van der Waals surface area contributed by atoms with Crippen LogP contribution in [0.25, 0.3) is 0 Å². The average Bonchev–Trinajstić information content (AvgIpc) is 2.37. The Morgan fingerprint density at radius 3 is 2.95 bits per heavy atom. The lowest BCUT2D eigenvalue weighted by Gasteiger charge is -2.33. The first-order chi connectivity index (χ1) is 9.06. The summed E-state index contributed by atoms with van der Waals surface area (Å²) in [6.45, 7) is 4.78. The summed E-state index contributed by atoms with van der Waals surface area (Å²) in [7, 11) is 0. The maximum Gasteiger partial charge on any atom is 0.238 e. The normalized spacial score (nSPS) is 20.3. The SMILES string of the molecule is C[C@@H]1CNCCN1CC(=O)Nc1ccc(F)c(F)c1. The van der Waals surface area contributed by atoms with Crippen molar-refractivity contribution in [2.45, 2.75) is 13.0 Å². The maximum absolute atomic E-state index is 13.0. The Morgan fingerprint density at radius 2 is 2.26 bits per heavy atom. The molecule has 1 saturated heterocycles. The zero-order chi connectivity index (χ0) is 13.8. The topological polar surface area (TPSA) is 44.4 Å². The van der Waals surface area contributed by atoms with Crippen molar-refractivity contribution < 1.29 is 13.6 Å². The van der Waals surface area contributed by atoms with Gasteiger partial charge in [-0.1, -0.05) is 0 Å². The summed E-state index contributed by atoms with van der Waals surface area (Å²) in [5, 5.41) is 5.81. The molecule has 1 aromatic rings. The minimum Gasteiger partial charge on any atom is -0.325 e. The summed E-state index contributed by atoms with van der Waals surface area (Å²) >= 11 is 0. The number of rotatable bonds is 3. The minimum absolute atomic E-state index is 0.222. The minimum atomic E-state index is -0.964. The predicted molar refractivity (Wildman–Crippen MR) is 68.9 cm³/mol. The summed E-state index contributed by atoms with van der Waals surface area (Å²) in [5.74, 6) is -2.11. The van der Waals surface area contributed by atoms with Crippen molar-refractivity contribution >= 4 is 11.6 Å². The van der Waals surface area contributed by atoms with Crippen LogP contribution in [0, 0.1) is 11.6 Å². The number of carbonyl (C=O) groups excluding carboxylic acids is 1. The molecule has 1 fully saturated rings. The van der Waals surface area contributed by atoms with Crippen LogP contribution in [0.2, 0.25) is 0 Å². The molecule has 2 rings (SSSR count). The Morgan fingerprint density at radius 1 is 1.47 bits per heavy atom. The number of amides is 1. The van der Waals surface area contributed by atoms with Gasteiger partial charge in [-0.15, -0.1) is 0 Å². The van der Waals surface area contributed by atoms with E-state index < -0.39 is 11.6 Å². The van der Waals surface area contributed by atoms with E-state index in [0.29, 0.717) is 0 Å². The van der Waals surface area contributed by atoms with E-state index in [1.807, 2.05) is 11.8 Å². The number of nitrogens with one attached hydrogen (secondary N) is 2. The van der Waals surface area contributed by atoms with E-state index in [0.717, 1.165) is 31.8 Å². The largest absolute Gasteiger partial charge is 0.325 e. The first-order valence-electron chi connectivity index (χ1n) is 6.26. The molecule has 1 heterocycles. The highest BCUT2D eigenvalue weighted by molar-refractivity contribution is 5.92. The van der Waals surface area contributed by atoms with Gasteiger partial charge in [-0.2, -0.15) is 0 Å². The van der Waals surface area contributed by atoms with Crippen LogP contribution in [0.1, 0.15) is 6.92 Å². The van der Waals surface area contributed by atoms with Crippen LogP contribution in [0.3, 0.4) is 0 Å². The lowest BCUT2D eigenvalue weighted by Crippen LogP contribution is -2.51. The molecule has 4 nitrogen and oxygen atoms in total. The molecule has 1 amide bonds. The van der Waals surface area contributed by atoms with Crippen molar-refractivity contribution in [3.63, 3.8) is 0 Å². The Labute approximate surface area is 110 Å². The molecule has 1 aliphatic heterocycles. The van der Waals surface area contributed by atoms with Gasteiger partial charge in [0.2, 0.25) is 5.91 Å². The number of carbonyl (C=O) groups is 1. The molecule has 2 N–H and O–H groups in total. The van der Waals surface area contributed by atoms with Gasteiger partial charge in [-0.3, -0.25) is 9.69 Å². The maximum atomic E-state index is 13.0. The molecule has 0 saturated carbocycles. The van der Waals surface area contributed by atoms with Crippen LogP contribution in [0.4, 0.5) is 14.5 Å². The van der Waals surface area contributed by atoms with Gasteiger partial charge in [0.05, 0.1) is 6.54 Å². The highest BCUT2D eigenvalue weighted by Crippen LogP contribution is 2.13. The van der Waals surface area contributed by atoms with Gasteiger partial charge >= 0.3 is 0 Å². The molecule has 0 spiro atoms. The van der Waals surface area contributed by atoms with E-state index in [-0.39, 0.29) is 24.2 Å². The number of hydrogen-bond donors (Lipinski definition) is 2.